The Morgan fingerprint density at radius 3 is 2.79 bits per heavy atom. The number of amides is 1. The predicted molar refractivity (Wildman–Crippen MR) is 116 cm³/mol. The van der Waals surface area contributed by atoms with Gasteiger partial charge in [0.15, 0.2) is 11.5 Å². The molecule has 0 fully saturated rings. The van der Waals surface area contributed by atoms with Crippen LogP contribution in [0.2, 0.25) is 0 Å². The first kappa shape index (κ1) is 19.7. The molecule has 4 heteroatoms. The van der Waals surface area contributed by atoms with Crippen LogP contribution < -0.4 is 5.32 Å². The highest BCUT2D eigenvalue weighted by Crippen LogP contribution is 2.40. The Hall–Kier alpha value is -2.62. The molecule has 1 atom stereocenters. The number of nitrogens with one attached hydrogen (secondary N) is 1. The number of oxazole rings is 1. The third kappa shape index (κ3) is 4.69. The summed E-state index contributed by atoms with van der Waals surface area (Å²) in [5.41, 5.74) is 6.06. The van der Waals surface area contributed by atoms with Gasteiger partial charge in [0.05, 0.1) is 0 Å². The summed E-state index contributed by atoms with van der Waals surface area (Å²) in [6.07, 6.45) is 7.92. The van der Waals surface area contributed by atoms with Crippen LogP contribution in [0.15, 0.2) is 46.9 Å². The first-order chi connectivity index (χ1) is 14.2. The average molecular weight is 391 g/mol. The fraction of sp³-hybridized carbons (Fsp3) is 0.440. The lowest BCUT2D eigenvalue weighted by Crippen LogP contribution is -2.24. The number of aromatic nitrogens is 1. The van der Waals surface area contributed by atoms with Gasteiger partial charge in [0, 0.05) is 24.9 Å². The number of nitrogens with zero attached hydrogens (tertiary/aromatic N) is 1. The Bertz CT molecular complexity index is 962. The Morgan fingerprint density at radius 2 is 1.97 bits per heavy atom. The highest BCUT2D eigenvalue weighted by molar-refractivity contribution is 5.79. The lowest BCUT2D eigenvalue weighted by atomic mass is 9.97. The zero-order valence-corrected chi connectivity index (χ0v) is 17.2. The third-order valence-corrected chi connectivity index (χ3v) is 5.99. The van der Waals surface area contributed by atoms with Gasteiger partial charge in [-0.1, -0.05) is 43.3 Å². The molecular weight excluding hydrogens is 360 g/mol. The van der Waals surface area contributed by atoms with Crippen molar-refractivity contribution in [1.29, 1.82) is 0 Å². The molecular formula is C25H30N2O2. The molecule has 1 N–H and O–H groups in total. The van der Waals surface area contributed by atoms with E-state index in [1.807, 2.05) is 6.92 Å². The minimum atomic E-state index is 0.124. The zero-order valence-electron chi connectivity index (χ0n) is 17.2. The molecule has 0 spiro atoms. The van der Waals surface area contributed by atoms with E-state index in [4.69, 9.17) is 9.40 Å². The molecule has 3 aromatic rings. The second-order valence-electron chi connectivity index (χ2n) is 8.01. The Balaban J connectivity index is 1.39. The van der Waals surface area contributed by atoms with Gasteiger partial charge in [-0.3, -0.25) is 4.79 Å². The molecule has 0 bridgehead atoms. The monoisotopic (exact) mass is 390 g/mol. The molecule has 152 valence electrons. The van der Waals surface area contributed by atoms with E-state index in [1.165, 1.54) is 16.7 Å². The highest BCUT2D eigenvalue weighted by Gasteiger charge is 2.27. The van der Waals surface area contributed by atoms with Gasteiger partial charge in [0.1, 0.15) is 5.52 Å². The number of carbonyl (C=O) groups excluding carboxylic acids is 1. The van der Waals surface area contributed by atoms with Gasteiger partial charge in [-0.25, -0.2) is 4.98 Å². The van der Waals surface area contributed by atoms with Crippen molar-refractivity contribution in [2.24, 2.45) is 0 Å². The predicted octanol–water partition coefficient (Wildman–Crippen LogP) is 5.34. The molecule has 1 aromatic heterocycles. The first-order valence-corrected chi connectivity index (χ1v) is 11.0. The van der Waals surface area contributed by atoms with Crippen molar-refractivity contribution < 1.29 is 9.21 Å². The summed E-state index contributed by atoms with van der Waals surface area (Å²) in [7, 11) is 0. The quantitative estimate of drug-likeness (QED) is 0.502. The van der Waals surface area contributed by atoms with Gasteiger partial charge in [-0.2, -0.15) is 0 Å². The molecule has 1 aliphatic carbocycles. The van der Waals surface area contributed by atoms with Crippen molar-refractivity contribution in [3.63, 3.8) is 0 Å². The number of hydrogen-bond acceptors (Lipinski definition) is 3. The number of aryl methyl sites for hydroxylation is 3. The number of benzene rings is 2. The third-order valence-electron chi connectivity index (χ3n) is 5.99. The van der Waals surface area contributed by atoms with Gasteiger partial charge in [0.2, 0.25) is 5.91 Å². The van der Waals surface area contributed by atoms with Crippen molar-refractivity contribution in [2.45, 2.75) is 64.2 Å². The summed E-state index contributed by atoms with van der Waals surface area (Å²) in [5.74, 6) is 1.43. The summed E-state index contributed by atoms with van der Waals surface area (Å²) in [6.45, 7) is 2.62. The summed E-state index contributed by atoms with van der Waals surface area (Å²) < 4.78 is 6.24. The Kier molecular flexibility index (Phi) is 6.28. The smallest absolute Gasteiger partial charge is 0.219 e. The molecule has 4 rings (SSSR count). The second-order valence-corrected chi connectivity index (χ2v) is 8.01. The first-order valence-electron chi connectivity index (χ1n) is 11.0. The normalized spacial score (nSPS) is 15.6. The molecule has 0 aliphatic heterocycles. The van der Waals surface area contributed by atoms with Crippen molar-refractivity contribution in [2.75, 3.05) is 6.54 Å². The molecule has 29 heavy (non-hydrogen) atoms. The number of unbranched alkanes of at least 4 members (excludes halogenated alkanes) is 1. The highest BCUT2D eigenvalue weighted by atomic mass is 16.3. The van der Waals surface area contributed by atoms with Crippen molar-refractivity contribution in [1.82, 2.24) is 10.3 Å². The van der Waals surface area contributed by atoms with E-state index < -0.39 is 0 Å². The van der Waals surface area contributed by atoms with E-state index in [-0.39, 0.29) is 5.91 Å². The molecule has 1 heterocycles. The van der Waals surface area contributed by atoms with E-state index in [2.05, 4.69) is 47.8 Å². The van der Waals surface area contributed by atoms with Crippen molar-refractivity contribution in [3.8, 4) is 0 Å². The van der Waals surface area contributed by atoms with Crippen LogP contribution in [0.25, 0.3) is 11.1 Å². The van der Waals surface area contributed by atoms with Crippen LogP contribution in [0, 0.1) is 0 Å². The van der Waals surface area contributed by atoms with Gasteiger partial charge in [0.25, 0.3) is 0 Å². The summed E-state index contributed by atoms with van der Waals surface area (Å²) >= 11 is 0. The maximum absolute atomic E-state index is 11.5. The fourth-order valence-electron chi connectivity index (χ4n) is 4.40. The molecule has 0 saturated heterocycles. The largest absolute Gasteiger partial charge is 0.440 e. The Labute approximate surface area is 172 Å². The molecule has 4 nitrogen and oxygen atoms in total. The average Bonchev–Trinajstić information content (AvgIpc) is 3.35. The van der Waals surface area contributed by atoms with Gasteiger partial charge in [-0.15, -0.1) is 0 Å². The van der Waals surface area contributed by atoms with Crippen molar-refractivity contribution >= 4 is 17.0 Å². The number of fused-ring (bicyclic) bond motifs is 3. The zero-order chi connectivity index (χ0) is 20.1. The van der Waals surface area contributed by atoms with Gasteiger partial charge in [-0.05, 0) is 61.6 Å². The van der Waals surface area contributed by atoms with E-state index in [0.717, 1.165) is 68.5 Å². The topological polar surface area (TPSA) is 55.1 Å². The van der Waals surface area contributed by atoms with E-state index in [0.29, 0.717) is 12.3 Å². The number of hydrogen-bond donors (Lipinski definition) is 1. The van der Waals surface area contributed by atoms with E-state index in [1.54, 1.807) is 0 Å². The lowest BCUT2D eigenvalue weighted by molar-refractivity contribution is -0.120. The second kappa shape index (κ2) is 9.25. The molecule has 0 radical (unpaired) electrons. The molecule has 2 aromatic carbocycles. The van der Waals surface area contributed by atoms with Crippen LogP contribution in [-0.4, -0.2) is 17.4 Å². The summed E-state index contributed by atoms with van der Waals surface area (Å²) in [6, 6.07) is 14.9. The summed E-state index contributed by atoms with van der Waals surface area (Å²) in [5, 5.41) is 3.01. The minimum Gasteiger partial charge on any atom is -0.440 e. The molecule has 1 aliphatic rings. The van der Waals surface area contributed by atoms with Crippen LogP contribution in [0.5, 0.6) is 0 Å². The van der Waals surface area contributed by atoms with E-state index in [9.17, 15) is 4.79 Å². The SMILES string of the molecule is CCC(=O)NCCC1CCc2ccc3nc(CCCCc4ccccc4)oc3c21. The van der Waals surface area contributed by atoms with Crippen LogP contribution in [0.4, 0.5) is 0 Å². The molecule has 0 saturated carbocycles. The number of carbonyl (C=O) groups is 1. The Morgan fingerprint density at radius 1 is 1.14 bits per heavy atom. The van der Waals surface area contributed by atoms with Crippen LogP contribution in [0.1, 0.15) is 67.5 Å². The van der Waals surface area contributed by atoms with Crippen LogP contribution >= 0.6 is 0 Å². The molecule has 1 unspecified atom stereocenters. The lowest BCUT2D eigenvalue weighted by Gasteiger charge is -2.12. The van der Waals surface area contributed by atoms with E-state index >= 15 is 0 Å². The standard InChI is InChI=1S/C25H30N2O2/c1-2-22(28)26-17-16-20-13-12-19-14-15-21-25(24(19)20)29-23(27-21)11-7-6-10-18-8-4-3-5-9-18/h3-5,8-9,14-15,20H,2,6-7,10-13,16-17H2,1H3,(H,26,28). The summed E-state index contributed by atoms with van der Waals surface area (Å²) in [4.78, 5) is 16.3. The van der Waals surface area contributed by atoms with Crippen molar-refractivity contribution in [3.05, 3.63) is 65.0 Å². The van der Waals surface area contributed by atoms with Gasteiger partial charge >= 0.3 is 0 Å². The number of rotatable bonds is 9. The fourth-order valence-corrected chi connectivity index (χ4v) is 4.40. The van der Waals surface area contributed by atoms with Crippen LogP contribution in [0.3, 0.4) is 0 Å². The minimum absolute atomic E-state index is 0.124. The molecule has 1 amide bonds. The van der Waals surface area contributed by atoms with Gasteiger partial charge < -0.3 is 9.73 Å². The maximum Gasteiger partial charge on any atom is 0.219 e. The van der Waals surface area contributed by atoms with Crippen LogP contribution in [-0.2, 0) is 24.1 Å². The maximum atomic E-state index is 11.5.